The van der Waals surface area contributed by atoms with Crippen LogP contribution < -0.4 is 0 Å². The third-order valence-corrected chi connectivity index (χ3v) is 2.69. The van der Waals surface area contributed by atoms with E-state index in [1.807, 2.05) is 6.92 Å². The number of H-pyrrole nitrogens is 1. The highest BCUT2D eigenvalue weighted by atomic mass is 35.5. The van der Waals surface area contributed by atoms with Crippen LogP contribution in [0.25, 0.3) is 0 Å². The van der Waals surface area contributed by atoms with Crippen molar-refractivity contribution < 1.29 is 4.79 Å². The Labute approximate surface area is 92.9 Å². The van der Waals surface area contributed by atoms with Gasteiger partial charge in [-0.05, 0) is 42.8 Å². The van der Waals surface area contributed by atoms with Gasteiger partial charge in [0, 0.05) is 16.8 Å². The Hall–Kier alpha value is -1.54. The zero-order valence-corrected chi connectivity index (χ0v) is 9.01. The summed E-state index contributed by atoms with van der Waals surface area (Å²) in [7, 11) is 0. The Morgan fingerprint density at radius 3 is 2.73 bits per heavy atom. The lowest BCUT2D eigenvalue weighted by Gasteiger charge is -2.01. The molecule has 0 spiro atoms. The van der Waals surface area contributed by atoms with Crippen LogP contribution in [0, 0.1) is 6.92 Å². The minimum atomic E-state index is -0.0141. The summed E-state index contributed by atoms with van der Waals surface area (Å²) in [6, 6.07) is 8.83. The molecule has 2 aromatic rings. The van der Waals surface area contributed by atoms with Gasteiger partial charge in [0.25, 0.3) is 0 Å². The molecular formula is C12H10ClNO. The summed E-state index contributed by atoms with van der Waals surface area (Å²) in [4.78, 5) is 14.8. The smallest absolute Gasteiger partial charge is 0.209 e. The molecule has 0 amide bonds. The van der Waals surface area contributed by atoms with Gasteiger partial charge in [-0.3, -0.25) is 4.79 Å². The first-order valence-electron chi connectivity index (χ1n) is 4.63. The predicted molar refractivity (Wildman–Crippen MR) is 60.4 cm³/mol. The van der Waals surface area contributed by atoms with Crippen LogP contribution in [-0.2, 0) is 0 Å². The van der Waals surface area contributed by atoms with Crippen molar-refractivity contribution in [3.8, 4) is 0 Å². The van der Waals surface area contributed by atoms with Crippen LogP contribution in [0.5, 0.6) is 0 Å². The second-order valence-electron chi connectivity index (χ2n) is 3.38. The molecule has 2 nitrogen and oxygen atoms in total. The number of aryl methyl sites for hydroxylation is 1. The van der Waals surface area contributed by atoms with Gasteiger partial charge >= 0.3 is 0 Å². The van der Waals surface area contributed by atoms with E-state index in [4.69, 9.17) is 11.6 Å². The van der Waals surface area contributed by atoms with Crippen LogP contribution >= 0.6 is 11.6 Å². The number of nitrogens with one attached hydrogen (secondary N) is 1. The topological polar surface area (TPSA) is 32.9 Å². The van der Waals surface area contributed by atoms with Crippen LogP contribution in [0.2, 0.25) is 5.02 Å². The van der Waals surface area contributed by atoms with Crippen molar-refractivity contribution in [2.24, 2.45) is 0 Å². The lowest BCUT2D eigenvalue weighted by molar-refractivity contribution is 0.103. The van der Waals surface area contributed by atoms with E-state index in [0.29, 0.717) is 16.3 Å². The lowest BCUT2D eigenvalue weighted by atomic mass is 10.1. The number of aromatic amines is 1. The number of halogens is 1. The number of ketones is 1. The number of carbonyl (C=O) groups excluding carboxylic acids is 1. The van der Waals surface area contributed by atoms with Gasteiger partial charge < -0.3 is 4.98 Å². The van der Waals surface area contributed by atoms with E-state index in [-0.39, 0.29) is 5.78 Å². The molecule has 0 fully saturated rings. The first-order chi connectivity index (χ1) is 7.18. The number of hydrogen-bond donors (Lipinski definition) is 1. The molecule has 0 saturated carbocycles. The van der Waals surface area contributed by atoms with Crippen LogP contribution in [0.1, 0.15) is 21.6 Å². The third-order valence-electron chi connectivity index (χ3n) is 2.26. The Kier molecular flexibility index (Phi) is 2.60. The molecule has 0 bridgehead atoms. The average molecular weight is 220 g/mol. The highest BCUT2D eigenvalue weighted by molar-refractivity contribution is 6.31. The molecule has 2 rings (SSSR count). The Bertz CT molecular complexity index is 488. The van der Waals surface area contributed by atoms with Crippen molar-refractivity contribution in [3.63, 3.8) is 0 Å². The molecule has 76 valence electrons. The molecule has 0 aliphatic rings. The standard InChI is InChI=1S/C12H10ClNO/c1-8-7-9(4-5-10(8)13)12(15)11-3-2-6-14-11/h2-7,14H,1H3. The van der Waals surface area contributed by atoms with E-state index < -0.39 is 0 Å². The number of carbonyl (C=O) groups is 1. The van der Waals surface area contributed by atoms with Crippen molar-refractivity contribution in [2.75, 3.05) is 0 Å². The van der Waals surface area contributed by atoms with Crippen molar-refractivity contribution in [1.29, 1.82) is 0 Å². The number of benzene rings is 1. The number of aromatic nitrogens is 1. The van der Waals surface area contributed by atoms with Crippen LogP contribution in [0.4, 0.5) is 0 Å². The van der Waals surface area contributed by atoms with Gasteiger partial charge in [-0.2, -0.15) is 0 Å². The fraction of sp³-hybridized carbons (Fsp3) is 0.0833. The first-order valence-corrected chi connectivity index (χ1v) is 5.00. The van der Waals surface area contributed by atoms with E-state index in [0.717, 1.165) is 5.56 Å². The van der Waals surface area contributed by atoms with E-state index in [1.54, 1.807) is 36.5 Å². The summed E-state index contributed by atoms with van der Waals surface area (Å²) in [5, 5.41) is 0.679. The summed E-state index contributed by atoms with van der Waals surface area (Å²) in [6.45, 7) is 1.88. The quantitative estimate of drug-likeness (QED) is 0.773. The third kappa shape index (κ3) is 1.95. The van der Waals surface area contributed by atoms with Crippen LogP contribution in [0.15, 0.2) is 36.5 Å². The number of hydrogen-bond acceptors (Lipinski definition) is 1. The maximum atomic E-state index is 11.9. The van der Waals surface area contributed by atoms with Gasteiger partial charge in [-0.1, -0.05) is 11.6 Å². The molecule has 3 heteroatoms. The Balaban J connectivity index is 2.39. The minimum Gasteiger partial charge on any atom is -0.359 e. The highest BCUT2D eigenvalue weighted by Gasteiger charge is 2.10. The summed E-state index contributed by atoms with van der Waals surface area (Å²) >= 11 is 5.89. The molecule has 0 saturated heterocycles. The fourth-order valence-electron chi connectivity index (χ4n) is 1.41. The van der Waals surface area contributed by atoms with E-state index >= 15 is 0 Å². The van der Waals surface area contributed by atoms with E-state index in [1.165, 1.54) is 0 Å². The Morgan fingerprint density at radius 1 is 1.33 bits per heavy atom. The van der Waals surface area contributed by atoms with Crippen molar-refractivity contribution in [2.45, 2.75) is 6.92 Å². The molecule has 1 aromatic heterocycles. The normalized spacial score (nSPS) is 10.3. The molecule has 0 aliphatic heterocycles. The van der Waals surface area contributed by atoms with E-state index in [2.05, 4.69) is 4.98 Å². The molecule has 1 aromatic carbocycles. The second-order valence-corrected chi connectivity index (χ2v) is 3.78. The van der Waals surface area contributed by atoms with Gasteiger partial charge in [0.15, 0.2) is 0 Å². The maximum Gasteiger partial charge on any atom is 0.209 e. The predicted octanol–water partition coefficient (Wildman–Crippen LogP) is 3.21. The second kappa shape index (κ2) is 3.91. The Morgan fingerprint density at radius 2 is 2.13 bits per heavy atom. The molecule has 1 N–H and O–H groups in total. The molecule has 0 aliphatic carbocycles. The van der Waals surface area contributed by atoms with Gasteiger partial charge in [0.05, 0.1) is 5.69 Å². The maximum absolute atomic E-state index is 11.9. The SMILES string of the molecule is Cc1cc(C(=O)c2ccc[nH]2)ccc1Cl. The van der Waals surface area contributed by atoms with Crippen LogP contribution in [-0.4, -0.2) is 10.8 Å². The van der Waals surface area contributed by atoms with Gasteiger partial charge in [0.2, 0.25) is 5.78 Å². The van der Waals surface area contributed by atoms with Gasteiger partial charge in [-0.25, -0.2) is 0 Å². The highest BCUT2D eigenvalue weighted by Crippen LogP contribution is 2.18. The van der Waals surface area contributed by atoms with Crippen molar-refractivity contribution in [1.82, 2.24) is 4.98 Å². The summed E-state index contributed by atoms with van der Waals surface area (Å²) in [5.74, 6) is -0.0141. The molecule has 0 radical (unpaired) electrons. The zero-order valence-electron chi connectivity index (χ0n) is 8.25. The van der Waals surface area contributed by atoms with Gasteiger partial charge in [0.1, 0.15) is 0 Å². The lowest BCUT2D eigenvalue weighted by Crippen LogP contribution is -2.01. The molecule has 15 heavy (non-hydrogen) atoms. The van der Waals surface area contributed by atoms with Crippen molar-refractivity contribution >= 4 is 17.4 Å². The zero-order chi connectivity index (χ0) is 10.8. The molecule has 0 atom stereocenters. The van der Waals surface area contributed by atoms with Crippen molar-refractivity contribution in [3.05, 3.63) is 58.4 Å². The van der Waals surface area contributed by atoms with Crippen LogP contribution in [0.3, 0.4) is 0 Å². The summed E-state index contributed by atoms with van der Waals surface area (Å²) < 4.78 is 0. The minimum absolute atomic E-state index is 0.0141. The molecule has 1 heterocycles. The molecule has 0 unspecified atom stereocenters. The molecular weight excluding hydrogens is 210 g/mol. The first kappa shape index (κ1) is 9.99. The van der Waals surface area contributed by atoms with Gasteiger partial charge in [-0.15, -0.1) is 0 Å². The summed E-state index contributed by atoms with van der Waals surface area (Å²) in [5.41, 5.74) is 2.16. The average Bonchev–Trinajstić information content (AvgIpc) is 2.74. The summed E-state index contributed by atoms with van der Waals surface area (Å²) in [6.07, 6.45) is 1.73. The number of rotatable bonds is 2. The largest absolute Gasteiger partial charge is 0.359 e. The monoisotopic (exact) mass is 219 g/mol. The van der Waals surface area contributed by atoms with E-state index in [9.17, 15) is 4.79 Å². The fourth-order valence-corrected chi connectivity index (χ4v) is 1.53.